The molecule has 0 saturated carbocycles. The smallest absolute Gasteiger partial charge is 0.170 e. The first-order chi connectivity index (χ1) is 13.1. The van der Waals surface area contributed by atoms with Crippen LogP contribution in [0.4, 0.5) is 14.5 Å². The largest absolute Gasteiger partial charge is 0.362 e. The van der Waals surface area contributed by atoms with Crippen LogP contribution in [0.5, 0.6) is 0 Å². The molecular weight excluding hydrogens is 362 g/mol. The van der Waals surface area contributed by atoms with Crippen LogP contribution >= 0.6 is 12.2 Å². The van der Waals surface area contributed by atoms with E-state index in [1.165, 1.54) is 23.3 Å². The summed E-state index contributed by atoms with van der Waals surface area (Å²) >= 11 is 5.23. The van der Waals surface area contributed by atoms with Crippen molar-refractivity contribution in [1.82, 2.24) is 5.32 Å². The van der Waals surface area contributed by atoms with Crippen molar-refractivity contribution in [2.24, 2.45) is 0 Å². The van der Waals surface area contributed by atoms with E-state index in [1.54, 1.807) is 0 Å². The average Bonchev–Trinajstić information content (AvgIpc) is 2.69. The van der Waals surface area contributed by atoms with Gasteiger partial charge in [-0.25, -0.2) is 8.78 Å². The second kappa shape index (κ2) is 9.24. The molecule has 0 aromatic heterocycles. The molecule has 0 radical (unpaired) electrons. The molecule has 27 heavy (non-hydrogen) atoms. The van der Waals surface area contributed by atoms with Crippen molar-refractivity contribution in [2.75, 3.05) is 11.9 Å². The van der Waals surface area contributed by atoms with Gasteiger partial charge in [0.15, 0.2) is 5.11 Å². The Morgan fingerprint density at radius 1 is 0.852 bits per heavy atom. The van der Waals surface area contributed by atoms with Crippen LogP contribution < -0.4 is 10.6 Å². The van der Waals surface area contributed by atoms with Gasteiger partial charge in [-0.05, 0) is 41.9 Å². The molecule has 0 fully saturated rings. The summed E-state index contributed by atoms with van der Waals surface area (Å²) in [7, 11) is 0. The third kappa shape index (κ3) is 5.34. The monoisotopic (exact) mass is 382 g/mol. The molecular formula is C22H20F2N2S. The highest BCUT2D eigenvalue weighted by Gasteiger charge is 2.14. The summed E-state index contributed by atoms with van der Waals surface area (Å²) in [6, 6.07) is 23.9. The fraction of sp³-hybridized carbons (Fsp3) is 0.136. The minimum Gasteiger partial charge on any atom is -0.362 e. The first kappa shape index (κ1) is 19.0. The predicted molar refractivity (Wildman–Crippen MR) is 110 cm³/mol. The summed E-state index contributed by atoms with van der Waals surface area (Å²) in [5, 5.41) is 6.18. The molecule has 3 aromatic rings. The highest BCUT2D eigenvalue weighted by atomic mass is 32.1. The number of hydrogen-bond donors (Lipinski definition) is 2. The lowest BCUT2D eigenvalue weighted by atomic mass is 9.88. The average molecular weight is 382 g/mol. The van der Waals surface area contributed by atoms with Crippen LogP contribution in [0.25, 0.3) is 0 Å². The van der Waals surface area contributed by atoms with Gasteiger partial charge in [-0.1, -0.05) is 60.7 Å². The molecule has 0 unspecified atom stereocenters. The third-order valence-electron chi connectivity index (χ3n) is 4.30. The van der Waals surface area contributed by atoms with Crippen LogP contribution in [0.3, 0.4) is 0 Å². The van der Waals surface area contributed by atoms with Crippen LogP contribution in [-0.4, -0.2) is 11.7 Å². The Morgan fingerprint density at radius 2 is 1.44 bits per heavy atom. The van der Waals surface area contributed by atoms with E-state index >= 15 is 0 Å². The number of nitrogens with one attached hydrogen (secondary N) is 2. The van der Waals surface area contributed by atoms with Crippen molar-refractivity contribution in [2.45, 2.75) is 12.3 Å². The lowest BCUT2D eigenvalue weighted by Crippen LogP contribution is -2.30. The Balaban J connectivity index is 1.61. The molecule has 5 heteroatoms. The Labute approximate surface area is 163 Å². The van der Waals surface area contributed by atoms with Crippen molar-refractivity contribution < 1.29 is 8.78 Å². The van der Waals surface area contributed by atoms with Gasteiger partial charge in [0.05, 0.1) is 5.69 Å². The lowest BCUT2D eigenvalue weighted by molar-refractivity contribution is 0.586. The van der Waals surface area contributed by atoms with Gasteiger partial charge in [-0.15, -0.1) is 0 Å². The summed E-state index contributed by atoms with van der Waals surface area (Å²) in [5.41, 5.74) is 2.61. The number of benzene rings is 3. The summed E-state index contributed by atoms with van der Waals surface area (Å²) in [6.07, 6.45) is 0.821. The Hall–Kier alpha value is -2.79. The van der Waals surface area contributed by atoms with E-state index in [2.05, 4.69) is 34.9 Å². The minimum absolute atomic E-state index is 0.150. The zero-order valence-corrected chi connectivity index (χ0v) is 15.5. The van der Waals surface area contributed by atoms with E-state index in [-0.39, 0.29) is 11.6 Å². The number of rotatable bonds is 6. The van der Waals surface area contributed by atoms with E-state index in [1.807, 2.05) is 36.4 Å². The fourth-order valence-corrected chi connectivity index (χ4v) is 3.20. The van der Waals surface area contributed by atoms with Gasteiger partial charge in [0, 0.05) is 18.5 Å². The van der Waals surface area contributed by atoms with Gasteiger partial charge in [-0.3, -0.25) is 0 Å². The Kier molecular flexibility index (Phi) is 6.49. The van der Waals surface area contributed by atoms with Gasteiger partial charge < -0.3 is 10.6 Å². The molecule has 0 aliphatic carbocycles. The van der Waals surface area contributed by atoms with Crippen molar-refractivity contribution >= 4 is 23.0 Å². The van der Waals surface area contributed by atoms with Crippen molar-refractivity contribution in [3.63, 3.8) is 0 Å². The zero-order valence-electron chi connectivity index (χ0n) is 14.7. The maximum atomic E-state index is 13.7. The number of hydrogen-bond acceptors (Lipinski definition) is 1. The van der Waals surface area contributed by atoms with Crippen LogP contribution in [0.15, 0.2) is 78.9 Å². The molecule has 2 nitrogen and oxygen atoms in total. The molecule has 3 rings (SSSR count). The predicted octanol–water partition coefficient (Wildman–Crippen LogP) is 5.47. The molecule has 0 aliphatic rings. The molecule has 3 aromatic carbocycles. The minimum atomic E-state index is -0.675. The second-order valence-electron chi connectivity index (χ2n) is 6.17. The third-order valence-corrected chi connectivity index (χ3v) is 4.55. The molecule has 0 aliphatic heterocycles. The summed E-state index contributed by atoms with van der Waals surface area (Å²) < 4.78 is 26.7. The fourth-order valence-electron chi connectivity index (χ4n) is 2.98. The highest BCUT2D eigenvalue weighted by Crippen LogP contribution is 2.27. The van der Waals surface area contributed by atoms with Gasteiger partial charge in [0.1, 0.15) is 11.6 Å². The first-order valence-corrected chi connectivity index (χ1v) is 9.14. The maximum absolute atomic E-state index is 13.7. The highest BCUT2D eigenvalue weighted by molar-refractivity contribution is 7.80. The van der Waals surface area contributed by atoms with Crippen molar-refractivity contribution in [1.29, 1.82) is 0 Å². The second-order valence-corrected chi connectivity index (χ2v) is 6.58. The normalized spacial score (nSPS) is 10.6. The van der Waals surface area contributed by atoms with Gasteiger partial charge in [0.2, 0.25) is 0 Å². The molecule has 138 valence electrons. The summed E-state index contributed by atoms with van der Waals surface area (Å²) in [5.74, 6) is -1.07. The zero-order chi connectivity index (χ0) is 19.1. The van der Waals surface area contributed by atoms with Crippen LogP contribution in [0.1, 0.15) is 23.5 Å². The van der Waals surface area contributed by atoms with E-state index in [4.69, 9.17) is 12.2 Å². The van der Waals surface area contributed by atoms with Gasteiger partial charge in [0.25, 0.3) is 0 Å². The Bertz CT molecular complexity index is 846. The van der Waals surface area contributed by atoms with Crippen LogP contribution in [0, 0.1) is 11.6 Å². The standard InChI is InChI=1S/C22H20F2N2S/c23-18-11-12-21(20(24)15-18)26-22(27)25-14-13-19(16-7-3-1-4-8-16)17-9-5-2-6-10-17/h1-12,15,19H,13-14H2,(H2,25,26,27). The van der Waals surface area contributed by atoms with Crippen molar-refractivity contribution in [3.05, 3.63) is 102 Å². The summed E-state index contributed by atoms with van der Waals surface area (Å²) in [6.45, 7) is 0.614. The molecule has 0 heterocycles. The number of anilines is 1. The summed E-state index contributed by atoms with van der Waals surface area (Å²) in [4.78, 5) is 0. The lowest BCUT2D eigenvalue weighted by Gasteiger charge is -2.19. The van der Waals surface area contributed by atoms with Crippen LogP contribution in [-0.2, 0) is 0 Å². The van der Waals surface area contributed by atoms with Crippen LogP contribution in [0.2, 0.25) is 0 Å². The quantitative estimate of drug-likeness (QED) is 0.553. The molecule has 0 saturated heterocycles. The van der Waals surface area contributed by atoms with Gasteiger partial charge >= 0.3 is 0 Å². The van der Waals surface area contributed by atoms with E-state index in [0.717, 1.165) is 12.5 Å². The SMILES string of the molecule is Fc1ccc(NC(=S)NCCC(c2ccccc2)c2ccccc2)c(F)c1. The molecule has 2 N–H and O–H groups in total. The van der Waals surface area contributed by atoms with Gasteiger partial charge in [-0.2, -0.15) is 0 Å². The first-order valence-electron chi connectivity index (χ1n) is 8.73. The van der Waals surface area contributed by atoms with Crippen molar-refractivity contribution in [3.8, 4) is 0 Å². The number of thiocarbonyl (C=S) groups is 1. The topological polar surface area (TPSA) is 24.1 Å². The molecule has 0 bridgehead atoms. The van der Waals surface area contributed by atoms with E-state index in [9.17, 15) is 8.78 Å². The molecule has 0 amide bonds. The van der Waals surface area contributed by atoms with E-state index < -0.39 is 11.6 Å². The van der Waals surface area contributed by atoms with E-state index in [0.29, 0.717) is 11.7 Å². The maximum Gasteiger partial charge on any atom is 0.170 e. The molecule has 0 atom stereocenters. The Morgan fingerprint density at radius 3 is 2.00 bits per heavy atom. The number of halogens is 2. The molecule has 0 spiro atoms.